The average Bonchev–Trinajstić information content (AvgIpc) is 3.35. The molecule has 1 aromatic heterocycles. The van der Waals surface area contributed by atoms with Crippen LogP contribution in [0, 0.1) is 0 Å². The standard InChI is InChI=1S/C30H21NO2/c1-2-8-21(9-3-1)10-4-5-12-24-18-27(23-15-17-28-29(19-23)33-20-32-28)31-26-16-14-22-11-6-7-13-25(22)30(24)26/h1-19H,20H2/b10-4+,12-5-. The number of nitrogens with zero attached hydrogens (tertiary/aromatic N) is 1. The molecule has 4 aromatic carbocycles. The lowest BCUT2D eigenvalue weighted by molar-refractivity contribution is 0.174. The third-order valence-electron chi connectivity index (χ3n) is 5.87. The molecule has 0 aliphatic carbocycles. The number of hydrogen-bond donors (Lipinski definition) is 0. The molecule has 0 amide bonds. The van der Waals surface area contributed by atoms with Gasteiger partial charge in [0.15, 0.2) is 11.5 Å². The van der Waals surface area contributed by atoms with Crippen molar-refractivity contribution in [3.63, 3.8) is 0 Å². The van der Waals surface area contributed by atoms with Crippen LogP contribution >= 0.6 is 0 Å². The molecule has 5 aromatic rings. The van der Waals surface area contributed by atoms with Crippen LogP contribution in [0.2, 0.25) is 0 Å². The first-order chi connectivity index (χ1) is 16.3. The Morgan fingerprint density at radius 3 is 2.45 bits per heavy atom. The van der Waals surface area contributed by atoms with E-state index in [9.17, 15) is 0 Å². The minimum Gasteiger partial charge on any atom is -0.454 e. The van der Waals surface area contributed by atoms with Crippen molar-refractivity contribution in [2.24, 2.45) is 0 Å². The summed E-state index contributed by atoms with van der Waals surface area (Å²) in [5, 5.41) is 3.56. The Morgan fingerprint density at radius 1 is 0.697 bits per heavy atom. The lowest BCUT2D eigenvalue weighted by atomic mass is 9.98. The summed E-state index contributed by atoms with van der Waals surface area (Å²) < 4.78 is 11.1. The first-order valence-corrected chi connectivity index (χ1v) is 11.0. The topological polar surface area (TPSA) is 31.4 Å². The van der Waals surface area contributed by atoms with Gasteiger partial charge in [0.05, 0.1) is 11.2 Å². The molecule has 3 nitrogen and oxygen atoms in total. The van der Waals surface area contributed by atoms with Gasteiger partial charge in [0.2, 0.25) is 6.79 Å². The third kappa shape index (κ3) is 3.74. The molecule has 33 heavy (non-hydrogen) atoms. The summed E-state index contributed by atoms with van der Waals surface area (Å²) in [6.07, 6.45) is 8.43. The molecule has 0 unspecified atom stereocenters. The summed E-state index contributed by atoms with van der Waals surface area (Å²) in [5.74, 6) is 1.53. The zero-order valence-corrected chi connectivity index (χ0v) is 17.9. The molecular weight excluding hydrogens is 406 g/mol. The smallest absolute Gasteiger partial charge is 0.231 e. The van der Waals surface area contributed by atoms with Gasteiger partial charge >= 0.3 is 0 Å². The van der Waals surface area contributed by atoms with E-state index >= 15 is 0 Å². The molecule has 158 valence electrons. The van der Waals surface area contributed by atoms with Gasteiger partial charge < -0.3 is 9.47 Å². The summed E-state index contributed by atoms with van der Waals surface area (Å²) in [4.78, 5) is 5.01. The number of fused-ring (bicyclic) bond motifs is 4. The molecule has 0 bridgehead atoms. The van der Waals surface area contributed by atoms with Crippen LogP contribution in [0.25, 0.3) is 45.1 Å². The Morgan fingerprint density at radius 2 is 1.52 bits per heavy atom. The van der Waals surface area contributed by atoms with Gasteiger partial charge in [0, 0.05) is 10.9 Å². The minimum atomic E-state index is 0.262. The number of aromatic nitrogens is 1. The summed E-state index contributed by atoms with van der Waals surface area (Å²) in [7, 11) is 0. The molecule has 0 N–H and O–H groups in total. The molecule has 0 atom stereocenters. The molecule has 0 fully saturated rings. The first kappa shape index (κ1) is 19.3. The quantitative estimate of drug-likeness (QED) is 0.220. The Balaban J connectivity index is 1.49. The Bertz CT molecular complexity index is 1530. The van der Waals surface area contributed by atoms with Crippen LogP contribution in [0.5, 0.6) is 11.5 Å². The van der Waals surface area contributed by atoms with Crippen LogP contribution in [0.3, 0.4) is 0 Å². The second kappa shape index (κ2) is 8.29. The van der Waals surface area contributed by atoms with Crippen molar-refractivity contribution >= 4 is 33.8 Å². The molecule has 1 aliphatic heterocycles. The SMILES string of the molecule is C(=C/c1cc(-c2ccc3c(c2)OCO3)nc2ccc3ccccc3c12)/C=C/c1ccccc1. The van der Waals surface area contributed by atoms with Crippen molar-refractivity contribution in [2.45, 2.75) is 0 Å². The van der Waals surface area contributed by atoms with Crippen LogP contribution in [0.4, 0.5) is 0 Å². The van der Waals surface area contributed by atoms with Crippen molar-refractivity contribution in [2.75, 3.05) is 6.79 Å². The summed E-state index contributed by atoms with van der Waals surface area (Å²) in [6, 6.07) is 31.1. The molecule has 1 aliphatic rings. The van der Waals surface area contributed by atoms with Gasteiger partial charge in [0.25, 0.3) is 0 Å². The molecule has 6 rings (SSSR count). The van der Waals surface area contributed by atoms with E-state index in [2.05, 4.69) is 78.9 Å². The Hall–Kier alpha value is -4.37. The second-order valence-electron chi connectivity index (χ2n) is 7.97. The van der Waals surface area contributed by atoms with Crippen LogP contribution < -0.4 is 9.47 Å². The minimum absolute atomic E-state index is 0.262. The monoisotopic (exact) mass is 427 g/mol. The molecule has 3 heteroatoms. The highest BCUT2D eigenvalue weighted by molar-refractivity contribution is 6.10. The lowest BCUT2D eigenvalue weighted by Crippen LogP contribution is -1.93. The van der Waals surface area contributed by atoms with Gasteiger partial charge in [0.1, 0.15) is 0 Å². The van der Waals surface area contributed by atoms with E-state index in [0.717, 1.165) is 39.2 Å². The van der Waals surface area contributed by atoms with Gasteiger partial charge in [-0.05, 0) is 52.2 Å². The van der Waals surface area contributed by atoms with E-state index in [0.29, 0.717) is 0 Å². The second-order valence-corrected chi connectivity index (χ2v) is 7.97. The largest absolute Gasteiger partial charge is 0.454 e. The highest BCUT2D eigenvalue weighted by Crippen LogP contribution is 2.37. The zero-order chi connectivity index (χ0) is 22.0. The Labute approximate surface area is 192 Å². The van der Waals surface area contributed by atoms with Crippen LogP contribution in [0.1, 0.15) is 11.1 Å². The predicted molar refractivity (Wildman–Crippen MR) is 135 cm³/mol. The average molecular weight is 428 g/mol. The Kier molecular flexibility index (Phi) is 4.85. The molecule has 0 radical (unpaired) electrons. The molecule has 0 saturated carbocycles. The van der Waals surface area contributed by atoms with Crippen molar-refractivity contribution in [1.29, 1.82) is 0 Å². The van der Waals surface area contributed by atoms with Crippen molar-refractivity contribution in [3.8, 4) is 22.8 Å². The lowest BCUT2D eigenvalue weighted by Gasteiger charge is -2.11. The van der Waals surface area contributed by atoms with Gasteiger partial charge in [-0.3, -0.25) is 0 Å². The summed E-state index contributed by atoms with van der Waals surface area (Å²) >= 11 is 0. The van der Waals surface area contributed by atoms with Crippen molar-refractivity contribution < 1.29 is 9.47 Å². The maximum absolute atomic E-state index is 5.58. The van der Waals surface area contributed by atoms with Crippen molar-refractivity contribution in [1.82, 2.24) is 4.98 Å². The molecule has 2 heterocycles. The summed E-state index contributed by atoms with van der Waals surface area (Å²) in [6.45, 7) is 0.262. The van der Waals surface area contributed by atoms with Crippen LogP contribution in [-0.2, 0) is 0 Å². The fraction of sp³-hybridized carbons (Fsp3) is 0.0333. The van der Waals surface area contributed by atoms with Crippen molar-refractivity contribution in [3.05, 3.63) is 114 Å². The van der Waals surface area contributed by atoms with E-state index in [1.54, 1.807) is 0 Å². The van der Waals surface area contributed by atoms with Gasteiger partial charge in [-0.25, -0.2) is 4.98 Å². The number of allylic oxidation sites excluding steroid dienone is 2. The summed E-state index contributed by atoms with van der Waals surface area (Å²) in [5.41, 5.74) is 5.18. The number of benzene rings is 4. The van der Waals surface area contributed by atoms with E-state index in [1.807, 2.05) is 36.4 Å². The number of pyridine rings is 1. The van der Waals surface area contributed by atoms with E-state index in [1.165, 1.54) is 16.3 Å². The van der Waals surface area contributed by atoms with Crippen LogP contribution in [0.15, 0.2) is 103 Å². The first-order valence-electron chi connectivity index (χ1n) is 11.0. The zero-order valence-electron chi connectivity index (χ0n) is 17.9. The highest BCUT2D eigenvalue weighted by Gasteiger charge is 2.15. The fourth-order valence-corrected chi connectivity index (χ4v) is 4.26. The maximum Gasteiger partial charge on any atom is 0.231 e. The van der Waals surface area contributed by atoms with E-state index in [4.69, 9.17) is 14.5 Å². The predicted octanol–water partition coefficient (Wildman–Crippen LogP) is 7.51. The van der Waals surface area contributed by atoms with Gasteiger partial charge in [-0.15, -0.1) is 0 Å². The normalized spacial score (nSPS) is 13.0. The third-order valence-corrected chi connectivity index (χ3v) is 5.87. The van der Waals surface area contributed by atoms with E-state index < -0.39 is 0 Å². The number of rotatable bonds is 4. The number of hydrogen-bond acceptors (Lipinski definition) is 3. The fourth-order valence-electron chi connectivity index (χ4n) is 4.26. The molecule has 0 saturated heterocycles. The molecule has 0 spiro atoms. The van der Waals surface area contributed by atoms with Gasteiger partial charge in [-0.2, -0.15) is 0 Å². The maximum atomic E-state index is 5.58. The van der Waals surface area contributed by atoms with Crippen LogP contribution in [-0.4, -0.2) is 11.8 Å². The number of ether oxygens (including phenoxy) is 2. The highest BCUT2D eigenvalue weighted by atomic mass is 16.7. The molecular formula is C30H21NO2. The van der Waals surface area contributed by atoms with Gasteiger partial charge in [-0.1, -0.05) is 85.0 Å². The van der Waals surface area contributed by atoms with E-state index in [-0.39, 0.29) is 6.79 Å².